The average Bonchev–Trinajstić information content (AvgIpc) is 1.91. The van der Waals surface area contributed by atoms with Crippen LogP contribution in [0, 0.1) is 0 Å². The summed E-state index contributed by atoms with van der Waals surface area (Å²) < 4.78 is 0. The zero-order valence-corrected chi connectivity index (χ0v) is 4.22. The molecule has 0 radical (unpaired) electrons. The molecule has 0 atom stereocenters. The Morgan fingerprint density at radius 3 is 2.57 bits per heavy atom. The predicted molar refractivity (Wildman–Crippen MR) is 26.9 cm³/mol. The molecule has 40 valence electrons. The van der Waals surface area contributed by atoms with Crippen LogP contribution in [0.15, 0.2) is 12.3 Å². The van der Waals surface area contributed by atoms with Crippen LogP contribution in [0.3, 0.4) is 0 Å². The molecule has 1 aliphatic heterocycles. The number of rotatable bonds is 0. The zero-order chi connectivity index (χ0) is 5.28. The Morgan fingerprint density at radius 1 is 1.71 bits per heavy atom. The fourth-order valence-corrected chi connectivity index (χ4v) is 0.720. The highest BCUT2D eigenvalue weighted by Crippen LogP contribution is 2.14. The van der Waals surface area contributed by atoms with Crippen molar-refractivity contribution in [3.63, 3.8) is 0 Å². The molecule has 1 saturated heterocycles. The summed E-state index contributed by atoms with van der Waals surface area (Å²) in [5.41, 5.74) is 0.847. The fraction of sp³-hybridized carbons (Fsp3) is 0.600. The Bertz CT molecular complexity index is 90.1. The van der Waals surface area contributed by atoms with E-state index >= 15 is 0 Å². The van der Waals surface area contributed by atoms with E-state index in [4.69, 9.17) is 5.21 Å². The first kappa shape index (κ1) is 4.65. The molecule has 1 fully saturated rings. The summed E-state index contributed by atoms with van der Waals surface area (Å²) in [6.45, 7) is 4.37. The second-order valence-corrected chi connectivity index (χ2v) is 1.79. The highest BCUT2D eigenvalue weighted by atomic mass is 16.5. The van der Waals surface area contributed by atoms with Crippen LogP contribution in [0.1, 0.15) is 12.8 Å². The fourth-order valence-electron chi connectivity index (χ4n) is 0.720. The van der Waals surface area contributed by atoms with Crippen molar-refractivity contribution in [2.75, 3.05) is 6.54 Å². The third-order valence-corrected chi connectivity index (χ3v) is 1.20. The summed E-state index contributed by atoms with van der Waals surface area (Å²) in [4.78, 5) is 0. The molecule has 0 unspecified atom stereocenters. The molecule has 2 heteroatoms. The lowest BCUT2D eigenvalue weighted by atomic mass is 10.3. The van der Waals surface area contributed by atoms with Gasteiger partial charge in [0.1, 0.15) is 0 Å². The van der Waals surface area contributed by atoms with E-state index in [2.05, 4.69) is 6.58 Å². The van der Waals surface area contributed by atoms with Gasteiger partial charge in [0.05, 0.1) is 0 Å². The van der Waals surface area contributed by atoms with Crippen molar-refractivity contribution in [1.82, 2.24) is 5.06 Å². The molecule has 0 aromatic heterocycles. The lowest BCUT2D eigenvalue weighted by Gasteiger charge is -2.06. The van der Waals surface area contributed by atoms with E-state index in [-0.39, 0.29) is 0 Å². The molecule has 0 aromatic carbocycles. The second kappa shape index (κ2) is 1.54. The summed E-state index contributed by atoms with van der Waals surface area (Å²) in [6, 6.07) is 0. The molecule has 0 spiro atoms. The van der Waals surface area contributed by atoms with Crippen LogP contribution in [0.2, 0.25) is 0 Å². The molecule has 7 heavy (non-hydrogen) atoms. The molecule has 0 aromatic rings. The molecule has 1 heterocycles. The van der Waals surface area contributed by atoms with Gasteiger partial charge in [0.15, 0.2) is 0 Å². The quantitative estimate of drug-likeness (QED) is 0.489. The van der Waals surface area contributed by atoms with Crippen LogP contribution in [-0.4, -0.2) is 16.8 Å². The highest BCUT2D eigenvalue weighted by molar-refractivity contribution is 4.94. The van der Waals surface area contributed by atoms with Gasteiger partial charge in [-0.05, 0) is 12.8 Å². The van der Waals surface area contributed by atoms with Gasteiger partial charge in [-0.2, -0.15) is 0 Å². The van der Waals surface area contributed by atoms with E-state index in [1.165, 1.54) is 5.06 Å². The van der Waals surface area contributed by atoms with Gasteiger partial charge >= 0.3 is 0 Å². The van der Waals surface area contributed by atoms with Crippen LogP contribution in [0.4, 0.5) is 0 Å². The van der Waals surface area contributed by atoms with Crippen LogP contribution < -0.4 is 0 Å². The third kappa shape index (κ3) is 0.747. The Labute approximate surface area is 43.0 Å². The SMILES string of the molecule is C=C1CCCN1O. The summed E-state index contributed by atoms with van der Waals surface area (Å²) in [7, 11) is 0. The number of hydroxylamine groups is 2. The Balaban J connectivity index is 2.48. The van der Waals surface area contributed by atoms with Crippen LogP contribution in [-0.2, 0) is 0 Å². The zero-order valence-electron chi connectivity index (χ0n) is 4.22. The van der Waals surface area contributed by atoms with Gasteiger partial charge in [-0.15, -0.1) is 0 Å². The van der Waals surface area contributed by atoms with Crippen molar-refractivity contribution in [3.8, 4) is 0 Å². The van der Waals surface area contributed by atoms with E-state index in [0.717, 1.165) is 25.1 Å². The Morgan fingerprint density at radius 2 is 2.43 bits per heavy atom. The molecule has 0 bridgehead atoms. The molecular formula is C5H9NO. The monoisotopic (exact) mass is 99.1 g/mol. The maximum atomic E-state index is 8.73. The molecule has 1 rings (SSSR count). The van der Waals surface area contributed by atoms with Crippen LogP contribution in [0.5, 0.6) is 0 Å². The van der Waals surface area contributed by atoms with Gasteiger partial charge < -0.3 is 0 Å². The minimum absolute atomic E-state index is 0.763. The Kier molecular flexibility index (Phi) is 1.02. The van der Waals surface area contributed by atoms with E-state index in [1.807, 2.05) is 0 Å². The topological polar surface area (TPSA) is 23.5 Å². The number of hydrogen-bond acceptors (Lipinski definition) is 2. The molecule has 0 amide bonds. The summed E-state index contributed by atoms with van der Waals surface area (Å²) in [6.07, 6.45) is 2.01. The van der Waals surface area contributed by atoms with Gasteiger partial charge in [-0.1, -0.05) is 6.58 Å². The summed E-state index contributed by atoms with van der Waals surface area (Å²) in [5.74, 6) is 0. The first-order valence-electron chi connectivity index (χ1n) is 2.45. The van der Waals surface area contributed by atoms with Crippen LogP contribution in [0.25, 0.3) is 0 Å². The molecule has 0 saturated carbocycles. The first-order valence-corrected chi connectivity index (χ1v) is 2.45. The van der Waals surface area contributed by atoms with E-state index in [9.17, 15) is 0 Å². The minimum Gasteiger partial charge on any atom is -0.289 e. The van der Waals surface area contributed by atoms with Crippen molar-refractivity contribution in [1.29, 1.82) is 0 Å². The Hall–Kier alpha value is -0.500. The number of nitrogens with zero attached hydrogens (tertiary/aromatic N) is 1. The van der Waals surface area contributed by atoms with Crippen molar-refractivity contribution < 1.29 is 5.21 Å². The van der Waals surface area contributed by atoms with E-state index in [0.29, 0.717) is 0 Å². The van der Waals surface area contributed by atoms with Crippen molar-refractivity contribution in [2.24, 2.45) is 0 Å². The van der Waals surface area contributed by atoms with E-state index in [1.54, 1.807) is 0 Å². The highest BCUT2D eigenvalue weighted by Gasteiger charge is 2.10. The number of hydrogen-bond donors (Lipinski definition) is 1. The smallest absolute Gasteiger partial charge is 0.0453 e. The maximum absolute atomic E-state index is 8.73. The van der Waals surface area contributed by atoms with Gasteiger partial charge in [0.25, 0.3) is 0 Å². The minimum atomic E-state index is 0.763. The molecular weight excluding hydrogens is 90.1 g/mol. The van der Waals surface area contributed by atoms with Gasteiger partial charge in [0, 0.05) is 12.2 Å². The van der Waals surface area contributed by atoms with Crippen molar-refractivity contribution >= 4 is 0 Å². The first-order chi connectivity index (χ1) is 3.30. The number of allylic oxidation sites excluding steroid dienone is 1. The predicted octanol–water partition coefficient (Wildman–Crippen LogP) is 0.985. The van der Waals surface area contributed by atoms with Gasteiger partial charge in [-0.3, -0.25) is 10.3 Å². The van der Waals surface area contributed by atoms with Crippen molar-refractivity contribution in [2.45, 2.75) is 12.8 Å². The largest absolute Gasteiger partial charge is 0.289 e. The average molecular weight is 99.1 g/mol. The lowest BCUT2D eigenvalue weighted by Crippen LogP contribution is -2.09. The maximum Gasteiger partial charge on any atom is 0.0453 e. The van der Waals surface area contributed by atoms with Gasteiger partial charge in [-0.25, -0.2) is 0 Å². The van der Waals surface area contributed by atoms with Gasteiger partial charge in [0.2, 0.25) is 0 Å². The standard InChI is InChI=1S/C5H9NO/c1-5-3-2-4-6(5)7/h7H,1-4H2. The summed E-state index contributed by atoms with van der Waals surface area (Å²) >= 11 is 0. The molecule has 2 nitrogen and oxygen atoms in total. The van der Waals surface area contributed by atoms with Crippen LogP contribution >= 0.6 is 0 Å². The molecule has 1 aliphatic rings. The molecule has 1 N–H and O–H groups in total. The molecule has 0 aliphatic carbocycles. The summed E-state index contributed by atoms with van der Waals surface area (Å²) in [5, 5.41) is 9.94. The third-order valence-electron chi connectivity index (χ3n) is 1.20. The van der Waals surface area contributed by atoms with E-state index < -0.39 is 0 Å². The van der Waals surface area contributed by atoms with Crippen molar-refractivity contribution in [3.05, 3.63) is 12.3 Å². The normalized spacial score (nSPS) is 21.3. The second-order valence-electron chi connectivity index (χ2n) is 1.79. The lowest BCUT2D eigenvalue weighted by molar-refractivity contribution is -0.0385.